The fraction of sp³-hybridized carbons (Fsp3) is 0.625. The first kappa shape index (κ1) is 16.5. The summed E-state index contributed by atoms with van der Waals surface area (Å²) < 4.78 is 0. The number of hydrogen-bond acceptors (Lipinski definition) is 4. The number of nitrogens with one attached hydrogen (secondary N) is 2. The smallest absolute Gasteiger partial charge is 0.315 e. The average Bonchev–Trinajstić information content (AvgIpc) is 2.54. The fourth-order valence-electron chi connectivity index (χ4n) is 2.47. The number of nitrogens with zero attached hydrogens (tertiary/aromatic N) is 2. The molecule has 0 unspecified atom stereocenters. The van der Waals surface area contributed by atoms with Crippen LogP contribution in [0.3, 0.4) is 0 Å². The molecule has 2 heterocycles. The maximum atomic E-state index is 11.5. The quantitative estimate of drug-likeness (QED) is 0.696. The highest BCUT2D eigenvalue weighted by molar-refractivity contribution is 5.73. The molecule has 2 amide bonds. The second-order valence-electron chi connectivity index (χ2n) is 5.88. The zero-order valence-corrected chi connectivity index (χ0v) is 13.2. The van der Waals surface area contributed by atoms with Gasteiger partial charge in [0.15, 0.2) is 0 Å². The first-order chi connectivity index (χ1) is 10.7. The van der Waals surface area contributed by atoms with E-state index in [1.807, 2.05) is 18.3 Å². The van der Waals surface area contributed by atoms with Crippen LogP contribution in [0.25, 0.3) is 0 Å². The topological polar surface area (TPSA) is 77.5 Å². The number of carbonyl (C=O) groups excluding carboxylic acids is 1. The Labute approximate surface area is 131 Å². The Morgan fingerprint density at radius 3 is 2.77 bits per heavy atom. The predicted molar refractivity (Wildman–Crippen MR) is 86.8 cm³/mol. The number of urea groups is 1. The van der Waals surface area contributed by atoms with Crippen molar-refractivity contribution >= 4 is 11.8 Å². The number of pyridine rings is 1. The molecule has 3 N–H and O–H groups in total. The van der Waals surface area contributed by atoms with E-state index < -0.39 is 0 Å². The number of aliphatic hydroxyl groups excluding tert-OH is 1. The maximum absolute atomic E-state index is 11.5. The third-order valence-corrected chi connectivity index (χ3v) is 3.99. The van der Waals surface area contributed by atoms with Crippen molar-refractivity contribution in [2.75, 3.05) is 31.1 Å². The standard InChI is InChI=1S/C16H26N4O2/c1-13-5-8-20(9-6-13)15-4-3-14(11-18-15)12-19-16(22)17-7-2-10-21/h3-4,11,13,21H,2,5-10,12H2,1H3,(H2,17,19,22). The Balaban J connectivity index is 1.76. The van der Waals surface area contributed by atoms with Crippen LogP contribution in [-0.2, 0) is 6.54 Å². The Hall–Kier alpha value is -1.82. The molecule has 22 heavy (non-hydrogen) atoms. The van der Waals surface area contributed by atoms with Crippen molar-refractivity contribution in [2.45, 2.75) is 32.7 Å². The zero-order valence-electron chi connectivity index (χ0n) is 13.2. The van der Waals surface area contributed by atoms with Crippen LogP contribution < -0.4 is 15.5 Å². The van der Waals surface area contributed by atoms with Crippen molar-refractivity contribution in [3.63, 3.8) is 0 Å². The van der Waals surface area contributed by atoms with E-state index in [9.17, 15) is 4.79 Å². The van der Waals surface area contributed by atoms with Crippen LogP contribution in [0.2, 0.25) is 0 Å². The molecule has 0 radical (unpaired) electrons. The minimum atomic E-state index is -0.220. The minimum absolute atomic E-state index is 0.0843. The summed E-state index contributed by atoms with van der Waals surface area (Å²) in [6.45, 7) is 5.45. The third-order valence-electron chi connectivity index (χ3n) is 3.99. The number of hydrogen-bond donors (Lipinski definition) is 3. The number of carbonyl (C=O) groups is 1. The fourth-order valence-corrected chi connectivity index (χ4v) is 2.47. The van der Waals surface area contributed by atoms with E-state index in [1.165, 1.54) is 12.8 Å². The third kappa shape index (κ3) is 5.18. The van der Waals surface area contributed by atoms with E-state index in [4.69, 9.17) is 5.11 Å². The number of piperidine rings is 1. The van der Waals surface area contributed by atoms with Gasteiger partial charge in [0.1, 0.15) is 5.82 Å². The molecule has 1 saturated heterocycles. The summed E-state index contributed by atoms with van der Waals surface area (Å²) in [6.07, 6.45) is 4.83. The van der Waals surface area contributed by atoms with E-state index >= 15 is 0 Å². The van der Waals surface area contributed by atoms with Gasteiger partial charge >= 0.3 is 6.03 Å². The van der Waals surface area contributed by atoms with Crippen molar-refractivity contribution in [1.82, 2.24) is 15.6 Å². The summed E-state index contributed by atoms with van der Waals surface area (Å²) in [7, 11) is 0. The van der Waals surface area contributed by atoms with Gasteiger partial charge in [0.25, 0.3) is 0 Å². The van der Waals surface area contributed by atoms with Crippen molar-refractivity contribution < 1.29 is 9.90 Å². The lowest BCUT2D eigenvalue weighted by Gasteiger charge is -2.31. The van der Waals surface area contributed by atoms with E-state index in [1.54, 1.807) is 0 Å². The lowest BCUT2D eigenvalue weighted by molar-refractivity contribution is 0.237. The number of amides is 2. The van der Waals surface area contributed by atoms with Crippen LogP contribution in [-0.4, -0.2) is 42.4 Å². The van der Waals surface area contributed by atoms with Gasteiger partial charge in [0.05, 0.1) is 0 Å². The first-order valence-corrected chi connectivity index (χ1v) is 8.01. The normalized spacial score (nSPS) is 15.6. The van der Waals surface area contributed by atoms with Crippen molar-refractivity contribution in [1.29, 1.82) is 0 Å². The van der Waals surface area contributed by atoms with Crippen molar-refractivity contribution in [3.8, 4) is 0 Å². The molecule has 0 spiro atoms. The van der Waals surface area contributed by atoms with Gasteiger partial charge in [-0.3, -0.25) is 0 Å². The van der Waals surface area contributed by atoms with Crippen LogP contribution in [0.4, 0.5) is 10.6 Å². The summed E-state index contributed by atoms with van der Waals surface area (Å²) in [5.74, 6) is 1.83. The molecule has 1 aliphatic heterocycles. The Bertz CT molecular complexity index is 456. The molecule has 1 aromatic rings. The second kappa shape index (κ2) is 8.58. The van der Waals surface area contributed by atoms with Gasteiger partial charge in [-0.05, 0) is 36.8 Å². The molecule has 6 heteroatoms. The van der Waals surface area contributed by atoms with Gasteiger partial charge in [-0.1, -0.05) is 13.0 Å². The Kier molecular flexibility index (Phi) is 6.45. The summed E-state index contributed by atoms with van der Waals surface area (Å²) >= 11 is 0. The summed E-state index contributed by atoms with van der Waals surface area (Å²) in [6, 6.07) is 3.81. The highest BCUT2D eigenvalue weighted by atomic mass is 16.3. The largest absolute Gasteiger partial charge is 0.396 e. The van der Waals surface area contributed by atoms with Gasteiger partial charge in [-0.15, -0.1) is 0 Å². The summed E-state index contributed by atoms with van der Waals surface area (Å²) in [4.78, 5) is 18.3. The summed E-state index contributed by atoms with van der Waals surface area (Å²) in [5.41, 5.74) is 0.978. The molecule has 1 fully saturated rings. The average molecular weight is 306 g/mol. The number of rotatable bonds is 6. The molecular formula is C16H26N4O2. The van der Waals surface area contributed by atoms with Crippen molar-refractivity contribution in [2.24, 2.45) is 5.92 Å². The van der Waals surface area contributed by atoms with Crippen LogP contribution in [0.15, 0.2) is 18.3 Å². The zero-order chi connectivity index (χ0) is 15.8. The lowest BCUT2D eigenvalue weighted by Crippen LogP contribution is -2.36. The molecule has 1 aromatic heterocycles. The SMILES string of the molecule is CC1CCN(c2ccc(CNC(=O)NCCCO)cn2)CC1. The van der Waals surface area contributed by atoms with Gasteiger partial charge in [0, 0.05) is 39.0 Å². The number of anilines is 1. The summed E-state index contributed by atoms with van der Waals surface area (Å²) in [5, 5.41) is 14.1. The van der Waals surface area contributed by atoms with Crippen LogP contribution >= 0.6 is 0 Å². The first-order valence-electron chi connectivity index (χ1n) is 8.01. The van der Waals surface area contributed by atoms with Crippen LogP contribution in [0.1, 0.15) is 31.7 Å². The molecule has 0 atom stereocenters. The maximum Gasteiger partial charge on any atom is 0.315 e. The van der Waals surface area contributed by atoms with Crippen LogP contribution in [0.5, 0.6) is 0 Å². The van der Waals surface area contributed by atoms with Gasteiger partial charge in [-0.2, -0.15) is 0 Å². The number of aliphatic hydroxyl groups is 1. The molecule has 2 rings (SSSR count). The van der Waals surface area contributed by atoms with Gasteiger partial charge < -0.3 is 20.6 Å². The monoisotopic (exact) mass is 306 g/mol. The molecule has 6 nitrogen and oxygen atoms in total. The van der Waals surface area contributed by atoms with Gasteiger partial charge in [0.2, 0.25) is 0 Å². The van der Waals surface area contributed by atoms with E-state index in [2.05, 4.69) is 27.4 Å². The van der Waals surface area contributed by atoms with E-state index in [-0.39, 0.29) is 12.6 Å². The van der Waals surface area contributed by atoms with Crippen LogP contribution in [0, 0.1) is 5.92 Å². The van der Waals surface area contributed by atoms with E-state index in [0.29, 0.717) is 19.5 Å². The second-order valence-corrected chi connectivity index (χ2v) is 5.88. The molecule has 0 aliphatic carbocycles. The highest BCUT2D eigenvalue weighted by Crippen LogP contribution is 2.21. The van der Waals surface area contributed by atoms with E-state index in [0.717, 1.165) is 30.4 Å². The Morgan fingerprint density at radius 2 is 2.14 bits per heavy atom. The lowest BCUT2D eigenvalue weighted by atomic mass is 9.99. The molecule has 122 valence electrons. The van der Waals surface area contributed by atoms with Crippen molar-refractivity contribution in [3.05, 3.63) is 23.9 Å². The Morgan fingerprint density at radius 1 is 1.36 bits per heavy atom. The molecule has 0 saturated carbocycles. The van der Waals surface area contributed by atoms with Gasteiger partial charge in [-0.25, -0.2) is 9.78 Å². The highest BCUT2D eigenvalue weighted by Gasteiger charge is 2.16. The molecule has 0 bridgehead atoms. The number of aromatic nitrogens is 1. The molecule has 1 aliphatic rings. The minimum Gasteiger partial charge on any atom is -0.396 e. The predicted octanol–water partition coefficient (Wildman–Crippen LogP) is 1.50. The molecular weight excluding hydrogens is 280 g/mol. The molecule has 0 aromatic carbocycles.